The lowest BCUT2D eigenvalue weighted by Crippen LogP contribution is -2.37. The molecule has 5 nitrogen and oxygen atoms in total. The van der Waals surface area contributed by atoms with Crippen LogP contribution in [0.1, 0.15) is 31.2 Å². The fourth-order valence-electron chi connectivity index (χ4n) is 2.60. The summed E-state index contributed by atoms with van der Waals surface area (Å²) in [5, 5.41) is 3.39. The van der Waals surface area contributed by atoms with E-state index in [1.165, 1.54) is 0 Å². The first kappa shape index (κ1) is 15.4. The maximum absolute atomic E-state index is 11.0. The van der Waals surface area contributed by atoms with Crippen molar-refractivity contribution < 1.29 is 4.79 Å². The second-order valence-corrected chi connectivity index (χ2v) is 5.22. The smallest absolute Gasteiger partial charge is 0.165 e. The van der Waals surface area contributed by atoms with E-state index in [1.807, 2.05) is 30.3 Å². The predicted octanol–water partition coefficient (Wildman–Crippen LogP) is 1.63. The van der Waals surface area contributed by atoms with Gasteiger partial charge >= 0.3 is 0 Å². The van der Waals surface area contributed by atoms with Crippen molar-refractivity contribution in [2.75, 3.05) is 13.6 Å². The van der Waals surface area contributed by atoms with Crippen molar-refractivity contribution in [2.24, 2.45) is 15.7 Å². The van der Waals surface area contributed by atoms with E-state index in [-0.39, 0.29) is 0 Å². The van der Waals surface area contributed by atoms with Crippen LogP contribution in [0.4, 0.5) is 0 Å². The molecule has 1 atom stereocenters. The molecular weight excluding hydrogens is 264 g/mol. The van der Waals surface area contributed by atoms with E-state index in [1.54, 1.807) is 7.05 Å². The summed E-state index contributed by atoms with van der Waals surface area (Å²) in [6.07, 6.45) is 4.40. The molecule has 21 heavy (non-hydrogen) atoms. The Kier molecular flexibility index (Phi) is 5.22. The van der Waals surface area contributed by atoms with Crippen molar-refractivity contribution in [2.45, 2.75) is 31.3 Å². The predicted molar refractivity (Wildman–Crippen MR) is 85.6 cm³/mol. The molecule has 0 spiro atoms. The number of hydrogen-bond donors (Lipinski definition) is 2. The van der Waals surface area contributed by atoms with Gasteiger partial charge in [0, 0.05) is 20.0 Å². The van der Waals surface area contributed by atoms with E-state index in [0.29, 0.717) is 18.1 Å². The number of amidine groups is 1. The second-order valence-electron chi connectivity index (χ2n) is 5.22. The lowest BCUT2D eigenvalue weighted by Gasteiger charge is -2.27. The average Bonchev–Trinajstić information content (AvgIpc) is 2.97. The third kappa shape index (κ3) is 3.76. The molecule has 0 radical (unpaired) electrons. The fourth-order valence-corrected chi connectivity index (χ4v) is 2.60. The molecule has 5 heteroatoms. The molecule has 0 fully saturated rings. The number of aldehydes is 1. The summed E-state index contributed by atoms with van der Waals surface area (Å²) in [5.41, 5.74) is 6.91. The molecule has 0 amide bonds. The molecule has 1 aliphatic rings. The van der Waals surface area contributed by atoms with Gasteiger partial charge in [-0.1, -0.05) is 30.3 Å². The van der Waals surface area contributed by atoms with Crippen LogP contribution in [0.15, 0.2) is 40.3 Å². The monoisotopic (exact) mass is 286 g/mol. The second kappa shape index (κ2) is 7.13. The van der Waals surface area contributed by atoms with Crippen LogP contribution >= 0.6 is 0 Å². The quantitative estimate of drug-likeness (QED) is 0.346. The van der Waals surface area contributed by atoms with Gasteiger partial charge in [-0.3, -0.25) is 20.1 Å². The molecule has 3 N–H and O–H groups in total. The Labute approximate surface area is 125 Å². The number of hydrogen-bond acceptors (Lipinski definition) is 4. The molecule has 1 aliphatic heterocycles. The Morgan fingerprint density at radius 1 is 1.43 bits per heavy atom. The number of nitrogens with two attached hydrogens (primary N) is 1. The zero-order chi connectivity index (χ0) is 15.1. The van der Waals surface area contributed by atoms with Crippen LogP contribution in [0.3, 0.4) is 0 Å². The molecule has 0 aliphatic carbocycles. The van der Waals surface area contributed by atoms with Crippen molar-refractivity contribution >= 4 is 17.8 Å². The Hall–Kier alpha value is -2.01. The molecule has 0 aromatic heterocycles. The minimum atomic E-state index is -0.477. The highest BCUT2D eigenvalue weighted by molar-refractivity contribution is 6.30. The lowest BCUT2D eigenvalue weighted by atomic mass is 9.94. The number of rotatable bonds is 7. The lowest BCUT2D eigenvalue weighted by molar-refractivity contribution is -0.102. The Morgan fingerprint density at radius 2 is 2.19 bits per heavy atom. The highest BCUT2D eigenvalue weighted by Crippen LogP contribution is 2.31. The van der Waals surface area contributed by atoms with E-state index < -0.39 is 5.66 Å². The van der Waals surface area contributed by atoms with Crippen LogP contribution in [0, 0.1) is 0 Å². The third-order valence-electron chi connectivity index (χ3n) is 3.79. The standard InChI is InChI=1S/C16H22N4O/c1-18-15(17)9-5-6-10-16(13-7-3-2-4-8-13)19-11-14(12-21)20-16/h2-4,7-8,12,19H,5-6,9-11H2,1H3,(H2,17,18). The normalized spacial score (nSPS) is 22.1. The van der Waals surface area contributed by atoms with E-state index >= 15 is 0 Å². The average molecular weight is 286 g/mol. The van der Waals surface area contributed by atoms with Crippen molar-refractivity contribution in [1.29, 1.82) is 0 Å². The first-order valence-electron chi connectivity index (χ1n) is 7.26. The van der Waals surface area contributed by atoms with Gasteiger partial charge < -0.3 is 5.73 Å². The van der Waals surface area contributed by atoms with Gasteiger partial charge in [-0.15, -0.1) is 0 Å². The molecule has 1 heterocycles. The van der Waals surface area contributed by atoms with E-state index in [0.717, 1.165) is 37.5 Å². The van der Waals surface area contributed by atoms with Crippen molar-refractivity contribution in [3.8, 4) is 0 Å². The first-order valence-corrected chi connectivity index (χ1v) is 7.26. The first-order chi connectivity index (χ1) is 10.2. The summed E-state index contributed by atoms with van der Waals surface area (Å²) in [6, 6.07) is 10.1. The van der Waals surface area contributed by atoms with Crippen LogP contribution in [-0.4, -0.2) is 31.4 Å². The Bertz CT molecular complexity index is 538. The van der Waals surface area contributed by atoms with Crippen LogP contribution < -0.4 is 11.1 Å². The van der Waals surface area contributed by atoms with Gasteiger partial charge in [-0.2, -0.15) is 0 Å². The number of unbranched alkanes of at least 4 members (excludes halogenated alkanes) is 1. The summed E-state index contributed by atoms with van der Waals surface area (Å²) < 4.78 is 0. The molecule has 1 aromatic carbocycles. The van der Waals surface area contributed by atoms with Crippen molar-refractivity contribution in [3.05, 3.63) is 35.9 Å². The largest absolute Gasteiger partial charge is 0.387 e. The summed E-state index contributed by atoms with van der Waals surface area (Å²) in [6.45, 7) is 0.525. The number of nitrogens with zero attached hydrogens (tertiary/aromatic N) is 2. The van der Waals surface area contributed by atoms with Crippen LogP contribution in [0.2, 0.25) is 0 Å². The van der Waals surface area contributed by atoms with Gasteiger partial charge in [0.25, 0.3) is 0 Å². The molecule has 112 valence electrons. The van der Waals surface area contributed by atoms with Crippen LogP contribution in [-0.2, 0) is 10.5 Å². The van der Waals surface area contributed by atoms with Crippen molar-refractivity contribution in [3.63, 3.8) is 0 Å². The van der Waals surface area contributed by atoms with Gasteiger partial charge in [-0.05, 0) is 24.8 Å². The zero-order valence-corrected chi connectivity index (χ0v) is 12.4. The SMILES string of the molecule is CN=C(N)CCCCC1(c2ccccc2)N=C(C=O)CN1. The molecule has 0 bridgehead atoms. The summed E-state index contributed by atoms with van der Waals surface area (Å²) >= 11 is 0. The van der Waals surface area contributed by atoms with Crippen molar-refractivity contribution in [1.82, 2.24) is 5.32 Å². The molecule has 1 unspecified atom stereocenters. The highest BCUT2D eigenvalue weighted by atomic mass is 16.1. The maximum atomic E-state index is 11.0. The van der Waals surface area contributed by atoms with E-state index in [2.05, 4.69) is 15.3 Å². The Balaban J connectivity index is 2.08. The zero-order valence-electron chi connectivity index (χ0n) is 12.4. The van der Waals surface area contributed by atoms with Gasteiger partial charge in [0.1, 0.15) is 5.66 Å². The molecule has 0 saturated heterocycles. The topological polar surface area (TPSA) is 79.8 Å². The van der Waals surface area contributed by atoms with Gasteiger partial charge in [0.05, 0.1) is 11.5 Å². The van der Waals surface area contributed by atoms with Crippen LogP contribution in [0.25, 0.3) is 0 Å². The molecule has 2 rings (SSSR count). The van der Waals surface area contributed by atoms with E-state index in [9.17, 15) is 4.79 Å². The maximum Gasteiger partial charge on any atom is 0.165 e. The van der Waals surface area contributed by atoms with Gasteiger partial charge in [0.15, 0.2) is 6.29 Å². The number of benzene rings is 1. The van der Waals surface area contributed by atoms with E-state index in [4.69, 9.17) is 5.73 Å². The number of carbonyl (C=O) groups excluding carboxylic acids is 1. The molecular formula is C16H22N4O. The minimum Gasteiger partial charge on any atom is -0.387 e. The van der Waals surface area contributed by atoms with Gasteiger partial charge in [-0.25, -0.2) is 0 Å². The van der Waals surface area contributed by atoms with Gasteiger partial charge in [0.2, 0.25) is 0 Å². The third-order valence-corrected chi connectivity index (χ3v) is 3.79. The fraction of sp³-hybridized carbons (Fsp3) is 0.438. The summed E-state index contributed by atoms with van der Waals surface area (Å²) in [4.78, 5) is 19.6. The highest BCUT2D eigenvalue weighted by Gasteiger charge is 2.35. The molecule has 1 aromatic rings. The Morgan fingerprint density at radius 3 is 2.81 bits per heavy atom. The molecule has 0 saturated carbocycles. The number of aliphatic imine (C=N–C) groups is 2. The number of carbonyl (C=O) groups is 1. The minimum absolute atomic E-state index is 0.477. The summed E-state index contributed by atoms with van der Waals surface area (Å²) in [5.74, 6) is 0.681. The van der Waals surface area contributed by atoms with Crippen LogP contribution in [0.5, 0.6) is 0 Å². The summed E-state index contributed by atoms with van der Waals surface area (Å²) in [7, 11) is 1.71. The number of nitrogens with one attached hydrogen (secondary N) is 1.